The van der Waals surface area contributed by atoms with Gasteiger partial charge in [0.2, 0.25) is 0 Å². The maximum atomic E-state index is 12.7. The normalized spacial score (nSPS) is 10.9. The van der Waals surface area contributed by atoms with Crippen LogP contribution < -0.4 is 5.73 Å². The summed E-state index contributed by atoms with van der Waals surface area (Å²) in [7, 11) is 0. The Morgan fingerprint density at radius 3 is 2.24 bits per heavy atom. The lowest BCUT2D eigenvalue weighted by Gasteiger charge is -2.10. The van der Waals surface area contributed by atoms with Crippen molar-refractivity contribution in [2.45, 2.75) is 6.54 Å². The first-order chi connectivity index (χ1) is 11.9. The van der Waals surface area contributed by atoms with Gasteiger partial charge in [-0.15, -0.1) is 5.10 Å². The molecule has 0 bridgehead atoms. The first kappa shape index (κ1) is 18.2. The molecule has 2 aromatic carbocycles. The molecule has 0 fully saturated rings. The monoisotopic (exact) mass is 458 g/mol. The van der Waals surface area contributed by atoms with Crippen molar-refractivity contribution >= 4 is 62.3 Å². The number of hydrogen-bond acceptors (Lipinski definition) is 4. The molecule has 0 radical (unpaired) electrons. The van der Waals surface area contributed by atoms with E-state index in [1.165, 1.54) is 4.68 Å². The molecule has 0 aliphatic carbocycles. The topological polar surface area (TPSA) is 73.8 Å². The molecule has 0 saturated heterocycles. The highest BCUT2D eigenvalue weighted by molar-refractivity contribution is 9.10. The van der Waals surface area contributed by atoms with E-state index in [1.54, 1.807) is 36.4 Å². The molecular formula is C16H10BrCl3N4O. The van der Waals surface area contributed by atoms with E-state index in [1.807, 2.05) is 0 Å². The minimum absolute atomic E-state index is 0.238. The van der Waals surface area contributed by atoms with Crippen molar-refractivity contribution in [2.75, 3.05) is 5.73 Å². The van der Waals surface area contributed by atoms with Gasteiger partial charge in [0.05, 0.1) is 22.2 Å². The summed E-state index contributed by atoms with van der Waals surface area (Å²) in [6.07, 6.45) is 0. The standard InChI is InChI=1S/C16H10BrCl3N4O/c17-15-16(21)24(23-22-15)7-8-5-11(19)13(12(20)6-8)14(25)9-1-3-10(18)4-2-9/h1-6H,7,21H2. The number of nitrogen functional groups attached to an aromatic ring is 1. The van der Waals surface area contributed by atoms with Gasteiger partial charge in [-0.25, -0.2) is 4.68 Å². The molecule has 5 nitrogen and oxygen atoms in total. The number of carbonyl (C=O) groups is 1. The summed E-state index contributed by atoms with van der Waals surface area (Å²) < 4.78 is 1.95. The van der Waals surface area contributed by atoms with E-state index in [0.29, 0.717) is 27.6 Å². The van der Waals surface area contributed by atoms with Gasteiger partial charge in [0.15, 0.2) is 16.2 Å². The van der Waals surface area contributed by atoms with Crippen LogP contribution in [0.25, 0.3) is 0 Å². The molecule has 0 saturated carbocycles. The number of rotatable bonds is 4. The lowest BCUT2D eigenvalue weighted by atomic mass is 10.0. The number of benzene rings is 2. The maximum Gasteiger partial charge on any atom is 0.196 e. The van der Waals surface area contributed by atoms with Crippen molar-refractivity contribution in [3.05, 3.63) is 72.8 Å². The minimum atomic E-state index is -0.277. The van der Waals surface area contributed by atoms with Crippen LogP contribution in [0.2, 0.25) is 15.1 Å². The van der Waals surface area contributed by atoms with Gasteiger partial charge in [0.1, 0.15) is 0 Å². The van der Waals surface area contributed by atoms with Crippen LogP contribution in [-0.4, -0.2) is 20.8 Å². The van der Waals surface area contributed by atoms with Crippen molar-refractivity contribution in [2.24, 2.45) is 0 Å². The molecule has 25 heavy (non-hydrogen) atoms. The Morgan fingerprint density at radius 2 is 1.72 bits per heavy atom. The molecule has 0 unspecified atom stereocenters. The highest BCUT2D eigenvalue weighted by atomic mass is 79.9. The van der Waals surface area contributed by atoms with Gasteiger partial charge in [-0.3, -0.25) is 4.79 Å². The van der Waals surface area contributed by atoms with E-state index in [-0.39, 0.29) is 21.4 Å². The summed E-state index contributed by atoms with van der Waals surface area (Å²) in [5.41, 5.74) is 7.28. The quantitative estimate of drug-likeness (QED) is 0.564. The highest BCUT2D eigenvalue weighted by Gasteiger charge is 2.18. The average Bonchev–Trinajstić information content (AvgIpc) is 2.87. The minimum Gasteiger partial charge on any atom is -0.382 e. The number of carbonyl (C=O) groups excluding carboxylic acids is 1. The van der Waals surface area contributed by atoms with Crippen LogP contribution in [0.15, 0.2) is 41.0 Å². The Hall–Kier alpha value is -1.60. The van der Waals surface area contributed by atoms with Gasteiger partial charge >= 0.3 is 0 Å². The van der Waals surface area contributed by atoms with Crippen LogP contribution in [0.1, 0.15) is 21.5 Å². The van der Waals surface area contributed by atoms with Gasteiger partial charge in [-0.05, 0) is 57.9 Å². The molecule has 2 N–H and O–H groups in total. The van der Waals surface area contributed by atoms with Gasteiger partial charge in [0, 0.05) is 10.6 Å². The Labute approximate surface area is 166 Å². The van der Waals surface area contributed by atoms with Crippen LogP contribution in [-0.2, 0) is 6.54 Å². The van der Waals surface area contributed by atoms with Crippen molar-refractivity contribution in [1.29, 1.82) is 0 Å². The van der Waals surface area contributed by atoms with Crippen molar-refractivity contribution in [1.82, 2.24) is 15.0 Å². The molecule has 1 aromatic heterocycles. The molecule has 3 rings (SSSR count). The van der Waals surface area contributed by atoms with Crippen LogP contribution in [0.4, 0.5) is 5.82 Å². The summed E-state index contributed by atoms with van der Waals surface area (Å²) in [6.45, 7) is 0.319. The van der Waals surface area contributed by atoms with E-state index in [0.717, 1.165) is 5.56 Å². The molecule has 0 atom stereocenters. The van der Waals surface area contributed by atoms with Crippen molar-refractivity contribution in [3.63, 3.8) is 0 Å². The molecular weight excluding hydrogens is 450 g/mol. The molecule has 0 spiro atoms. The lowest BCUT2D eigenvalue weighted by molar-refractivity contribution is 0.103. The number of hydrogen-bond donors (Lipinski definition) is 1. The second-order valence-electron chi connectivity index (χ2n) is 5.19. The first-order valence-electron chi connectivity index (χ1n) is 6.99. The number of anilines is 1. The first-order valence-corrected chi connectivity index (χ1v) is 8.92. The predicted molar refractivity (Wildman–Crippen MR) is 103 cm³/mol. The third-order valence-electron chi connectivity index (χ3n) is 3.50. The second kappa shape index (κ2) is 7.33. The van der Waals surface area contributed by atoms with Crippen LogP contribution in [0, 0.1) is 0 Å². The molecule has 0 aliphatic heterocycles. The molecule has 3 aromatic rings. The fourth-order valence-electron chi connectivity index (χ4n) is 2.27. The second-order valence-corrected chi connectivity index (χ2v) is 7.20. The molecule has 9 heteroatoms. The van der Waals surface area contributed by atoms with Gasteiger partial charge < -0.3 is 5.73 Å². The average molecular weight is 461 g/mol. The number of nitrogens with zero attached hydrogens (tertiary/aromatic N) is 3. The van der Waals surface area contributed by atoms with E-state index in [4.69, 9.17) is 40.5 Å². The molecule has 1 heterocycles. The molecule has 0 aliphatic rings. The van der Waals surface area contributed by atoms with Crippen molar-refractivity contribution < 1.29 is 4.79 Å². The number of halogens is 4. The van der Waals surface area contributed by atoms with Gasteiger partial charge in [-0.2, -0.15) is 0 Å². The summed E-state index contributed by atoms with van der Waals surface area (Å²) in [6, 6.07) is 9.83. The maximum absolute atomic E-state index is 12.7. The summed E-state index contributed by atoms with van der Waals surface area (Å²) >= 11 is 21.7. The zero-order valence-corrected chi connectivity index (χ0v) is 16.4. The van der Waals surface area contributed by atoms with Crippen molar-refractivity contribution in [3.8, 4) is 0 Å². The SMILES string of the molecule is Nc1c(Br)nnn1Cc1cc(Cl)c(C(=O)c2ccc(Cl)cc2)c(Cl)c1. The molecule has 128 valence electrons. The van der Waals surface area contributed by atoms with E-state index >= 15 is 0 Å². The third kappa shape index (κ3) is 3.82. The Balaban J connectivity index is 1.93. The number of ketones is 1. The Bertz CT molecular complexity index is 934. The summed E-state index contributed by atoms with van der Waals surface area (Å²) in [4.78, 5) is 12.7. The Morgan fingerprint density at radius 1 is 1.12 bits per heavy atom. The number of nitrogens with two attached hydrogens (primary N) is 1. The van der Waals surface area contributed by atoms with E-state index in [9.17, 15) is 4.79 Å². The largest absolute Gasteiger partial charge is 0.382 e. The van der Waals surface area contributed by atoms with Gasteiger partial charge in [-0.1, -0.05) is 40.0 Å². The lowest BCUT2D eigenvalue weighted by Crippen LogP contribution is -2.08. The highest BCUT2D eigenvalue weighted by Crippen LogP contribution is 2.30. The molecule has 0 amide bonds. The summed E-state index contributed by atoms with van der Waals surface area (Å²) in [5.74, 6) is 0.106. The van der Waals surface area contributed by atoms with E-state index < -0.39 is 0 Å². The smallest absolute Gasteiger partial charge is 0.196 e. The fraction of sp³-hybridized carbons (Fsp3) is 0.0625. The predicted octanol–water partition coefficient (Wildman–Crippen LogP) is 4.86. The van der Waals surface area contributed by atoms with Crippen LogP contribution in [0.5, 0.6) is 0 Å². The van der Waals surface area contributed by atoms with Crippen LogP contribution in [0.3, 0.4) is 0 Å². The fourth-order valence-corrected chi connectivity index (χ4v) is 3.37. The van der Waals surface area contributed by atoms with Crippen LogP contribution >= 0.6 is 50.7 Å². The third-order valence-corrected chi connectivity index (χ3v) is 4.91. The number of aromatic nitrogens is 3. The summed E-state index contributed by atoms with van der Waals surface area (Å²) in [5, 5.41) is 8.78. The van der Waals surface area contributed by atoms with E-state index in [2.05, 4.69) is 26.2 Å². The Kier molecular flexibility index (Phi) is 5.34. The zero-order valence-electron chi connectivity index (χ0n) is 12.5. The zero-order chi connectivity index (χ0) is 18.1. The van der Waals surface area contributed by atoms with Gasteiger partial charge in [0.25, 0.3) is 0 Å².